The third kappa shape index (κ3) is 2.68. The van der Waals surface area contributed by atoms with Gasteiger partial charge in [-0.2, -0.15) is 13.2 Å². The van der Waals surface area contributed by atoms with E-state index in [-0.39, 0.29) is 16.6 Å². The van der Waals surface area contributed by atoms with Crippen LogP contribution in [0.3, 0.4) is 0 Å². The maximum absolute atomic E-state index is 14.0. The highest BCUT2D eigenvalue weighted by atomic mass is 19.4. The molecule has 0 unspecified atom stereocenters. The minimum absolute atomic E-state index is 0.00565. The molecule has 0 aromatic heterocycles. The second-order valence-electron chi connectivity index (χ2n) is 4.13. The summed E-state index contributed by atoms with van der Waals surface area (Å²) in [5.74, 6) is -1.44. The number of hydrogen-bond acceptors (Lipinski definition) is 2. The van der Waals surface area contributed by atoms with E-state index in [1.807, 2.05) is 0 Å². The number of hydrogen-bond donors (Lipinski definition) is 2. The lowest BCUT2D eigenvalue weighted by Gasteiger charge is -2.13. The molecule has 0 spiro atoms. The Bertz CT molecular complexity index is 626. The highest BCUT2D eigenvalue weighted by Crippen LogP contribution is 2.35. The summed E-state index contributed by atoms with van der Waals surface area (Å²) in [4.78, 5) is 0. The molecule has 0 heterocycles. The van der Waals surface area contributed by atoms with E-state index in [1.54, 1.807) is 0 Å². The second-order valence-corrected chi connectivity index (χ2v) is 4.13. The minimum atomic E-state index is -4.81. The summed E-state index contributed by atoms with van der Waals surface area (Å²) >= 11 is 0. The van der Waals surface area contributed by atoms with Crippen LogP contribution < -0.4 is 5.46 Å². The van der Waals surface area contributed by atoms with E-state index in [9.17, 15) is 27.6 Å². The maximum Gasteiger partial charge on any atom is 0.489 e. The van der Waals surface area contributed by atoms with Crippen LogP contribution >= 0.6 is 0 Å². The van der Waals surface area contributed by atoms with Gasteiger partial charge in [-0.15, -0.1) is 0 Å². The molecule has 2 rings (SSSR count). The van der Waals surface area contributed by atoms with Gasteiger partial charge in [0.15, 0.2) is 0 Å². The Hall–Kier alpha value is -1.86. The molecule has 0 bridgehead atoms. The summed E-state index contributed by atoms with van der Waals surface area (Å²) < 4.78 is 52.0. The van der Waals surface area contributed by atoms with E-state index < -0.39 is 24.7 Å². The molecule has 0 saturated carbocycles. The van der Waals surface area contributed by atoms with Crippen molar-refractivity contribution in [1.29, 1.82) is 0 Å². The van der Waals surface area contributed by atoms with Crippen LogP contribution in [0.1, 0.15) is 5.56 Å². The van der Waals surface area contributed by atoms with Gasteiger partial charge in [0.05, 0.1) is 5.56 Å². The van der Waals surface area contributed by atoms with Gasteiger partial charge in [0.1, 0.15) is 5.82 Å². The third-order valence-corrected chi connectivity index (χ3v) is 2.83. The molecule has 0 fully saturated rings. The third-order valence-electron chi connectivity index (χ3n) is 2.83. The van der Waals surface area contributed by atoms with Crippen molar-refractivity contribution in [2.45, 2.75) is 6.18 Å². The van der Waals surface area contributed by atoms with E-state index in [1.165, 1.54) is 24.3 Å². The predicted octanol–water partition coefficient (Wildman–Crippen LogP) is 2.19. The zero-order valence-electron chi connectivity index (χ0n) is 10.0. The molecule has 2 N–H and O–H groups in total. The Morgan fingerprint density at radius 3 is 2.05 bits per heavy atom. The van der Waals surface area contributed by atoms with E-state index in [0.717, 1.165) is 12.1 Å². The topological polar surface area (TPSA) is 40.5 Å². The lowest BCUT2D eigenvalue weighted by atomic mass is 9.75. The van der Waals surface area contributed by atoms with Gasteiger partial charge in [0, 0.05) is 5.56 Å². The van der Waals surface area contributed by atoms with Gasteiger partial charge in [0.2, 0.25) is 0 Å². The van der Waals surface area contributed by atoms with Gasteiger partial charge in [-0.25, -0.2) is 4.39 Å². The van der Waals surface area contributed by atoms with Gasteiger partial charge >= 0.3 is 13.3 Å². The van der Waals surface area contributed by atoms with Crippen molar-refractivity contribution in [3.05, 3.63) is 53.8 Å². The van der Waals surface area contributed by atoms with E-state index in [0.29, 0.717) is 6.07 Å². The number of alkyl halides is 3. The van der Waals surface area contributed by atoms with Gasteiger partial charge < -0.3 is 10.0 Å². The Morgan fingerprint density at radius 2 is 1.45 bits per heavy atom. The van der Waals surface area contributed by atoms with Crippen molar-refractivity contribution in [2.24, 2.45) is 0 Å². The van der Waals surface area contributed by atoms with Gasteiger partial charge in [-0.05, 0) is 17.1 Å². The quantitative estimate of drug-likeness (QED) is 0.655. The molecule has 104 valence electrons. The standard InChI is InChI=1S/C13H9BF4O2/c15-12-9(5-3-6-10(12)13(16,17)18)8-4-1-2-7-11(8)14(19)20/h1-7,19-20H. The van der Waals surface area contributed by atoms with Crippen LogP contribution in [0.5, 0.6) is 0 Å². The normalized spacial score (nSPS) is 11.5. The fraction of sp³-hybridized carbons (Fsp3) is 0.0769. The molecular formula is C13H9BF4O2. The molecular weight excluding hydrogens is 275 g/mol. The maximum atomic E-state index is 14.0. The molecule has 2 nitrogen and oxygen atoms in total. The monoisotopic (exact) mass is 284 g/mol. The summed E-state index contributed by atoms with van der Waals surface area (Å²) in [7, 11) is -1.90. The van der Waals surface area contributed by atoms with Gasteiger partial charge in [-0.1, -0.05) is 36.4 Å². The lowest BCUT2D eigenvalue weighted by Crippen LogP contribution is -2.31. The van der Waals surface area contributed by atoms with Crippen LogP contribution in [0.15, 0.2) is 42.5 Å². The number of halogens is 4. The molecule has 0 aliphatic rings. The Balaban J connectivity index is 2.66. The van der Waals surface area contributed by atoms with Crippen LogP contribution in [0.4, 0.5) is 17.6 Å². The molecule has 2 aromatic carbocycles. The first-order chi connectivity index (χ1) is 9.32. The van der Waals surface area contributed by atoms with Crippen LogP contribution in [-0.4, -0.2) is 17.2 Å². The molecule has 7 heteroatoms. The zero-order chi connectivity index (χ0) is 14.9. The summed E-state index contributed by atoms with van der Waals surface area (Å²) in [5, 5.41) is 18.4. The van der Waals surface area contributed by atoms with Crippen LogP contribution in [-0.2, 0) is 6.18 Å². The van der Waals surface area contributed by atoms with Crippen molar-refractivity contribution in [1.82, 2.24) is 0 Å². The smallest absolute Gasteiger partial charge is 0.423 e. The molecule has 0 saturated heterocycles. The fourth-order valence-electron chi connectivity index (χ4n) is 1.93. The molecule has 0 aliphatic heterocycles. The SMILES string of the molecule is OB(O)c1ccccc1-c1cccc(C(F)(F)F)c1F. The Kier molecular flexibility index (Phi) is 3.83. The van der Waals surface area contributed by atoms with Crippen molar-refractivity contribution >= 4 is 12.6 Å². The van der Waals surface area contributed by atoms with E-state index in [2.05, 4.69) is 0 Å². The summed E-state index contributed by atoms with van der Waals surface area (Å²) in [6.07, 6.45) is -4.81. The largest absolute Gasteiger partial charge is 0.489 e. The fourth-order valence-corrected chi connectivity index (χ4v) is 1.93. The lowest BCUT2D eigenvalue weighted by molar-refractivity contribution is -0.139. The van der Waals surface area contributed by atoms with Crippen molar-refractivity contribution in [2.75, 3.05) is 0 Å². The Labute approximate surface area is 112 Å². The van der Waals surface area contributed by atoms with Crippen molar-refractivity contribution in [3.8, 4) is 11.1 Å². The average molecular weight is 284 g/mol. The number of benzene rings is 2. The summed E-state index contributed by atoms with van der Waals surface area (Å²) in [6, 6.07) is 8.45. The predicted molar refractivity (Wildman–Crippen MR) is 66.7 cm³/mol. The molecule has 2 aromatic rings. The molecule has 0 atom stereocenters. The highest BCUT2D eigenvalue weighted by molar-refractivity contribution is 6.60. The summed E-state index contributed by atoms with van der Waals surface area (Å²) in [5.41, 5.74) is -1.78. The average Bonchev–Trinajstić information content (AvgIpc) is 2.37. The first-order valence-corrected chi connectivity index (χ1v) is 5.63. The van der Waals surface area contributed by atoms with Crippen molar-refractivity contribution in [3.63, 3.8) is 0 Å². The van der Waals surface area contributed by atoms with Crippen LogP contribution in [0.2, 0.25) is 0 Å². The van der Waals surface area contributed by atoms with Crippen LogP contribution in [0, 0.1) is 5.82 Å². The second kappa shape index (κ2) is 5.26. The van der Waals surface area contributed by atoms with Gasteiger partial charge in [-0.3, -0.25) is 0 Å². The molecule has 0 radical (unpaired) electrons. The first-order valence-electron chi connectivity index (χ1n) is 5.63. The first kappa shape index (κ1) is 14.6. The molecule has 20 heavy (non-hydrogen) atoms. The zero-order valence-corrected chi connectivity index (χ0v) is 10.0. The molecule has 0 amide bonds. The summed E-state index contributed by atoms with van der Waals surface area (Å²) in [6.45, 7) is 0. The van der Waals surface area contributed by atoms with E-state index in [4.69, 9.17) is 0 Å². The van der Waals surface area contributed by atoms with Crippen molar-refractivity contribution < 1.29 is 27.6 Å². The Morgan fingerprint density at radius 1 is 0.850 bits per heavy atom. The number of rotatable bonds is 2. The van der Waals surface area contributed by atoms with E-state index >= 15 is 0 Å². The van der Waals surface area contributed by atoms with Crippen LogP contribution in [0.25, 0.3) is 11.1 Å². The molecule has 0 aliphatic carbocycles. The van der Waals surface area contributed by atoms with Gasteiger partial charge in [0.25, 0.3) is 0 Å². The highest BCUT2D eigenvalue weighted by Gasteiger charge is 2.35. The minimum Gasteiger partial charge on any atom is -0.423 e.